The van der Waals surface area contributed by atoms with Crippen LogP contribution in [0.15, 0.2) is 41.3 Å². The highest BCUT2D eigenvalue weighted by atomic mass is 16.5. The van der Waals surface area contributed by atoms with E-state index in [2.05, 4.69) is 25.0 Å². The maximum atomic E-state index is 12.7. The van der Waals surface area contributed by atoms with E-state index >= 15 is 0 Å². The number of pyridine rings is 1. The molecule has 8 nitrogen and oxygen atoms in total. The number of ketones is 1. The minimum Gasteiger partial charge on any atom is -0.337 e. The Bertz CT molecular complexity index is 888. The maximum Gasteiger partial charge on any atom is 0.241 e. The first-order valence-corrected chi connectivity index (χ1v) is 8.68. The minimum atomic E-state index is -0.0527. The maximum absolute atomic E-state index is 12.7. The van der Waals surface area contributed by atoms with Crippen molar-refractivity contribution in [2.45, 2.75) is 19.4 Å². The van der Waals surface area contributed by atoms with Gasteiger partial charge in [0.1, 0.15) is 5.69 Å². The van der Waals surface area contributed by atoms with E-state index in [9.17, 15) is 4.79 Å². The summed E-state index contributed by atoms with van der Waals surface area (Å²) in [4.78, 5) is 27.7. The van der Waals surface area contributed by atoms with Crippen LogP contribution in [0.25, 0.3) is 11.5 Å². The van der Waals surface area contributed by atoms with Gasteiger partial charge in [-0.1, -0.05) is 11.2 Å². The lowest BCUT2D eigenvalue weighted by molar-refractivity contribution is 0.0783. The van der Waals surface area contributed by atoms with Crippen LogP contribution in [0, 0.1) is 5.92 Å². The monoisotopic (exact) mass is 352 g/mol. The summed E-state index contributed by atoms with van der Waals surface area (Å²) in [6.07, 6.45) is 6.99. The first-order chi connectivity index (χ1) is 12.7. The molecule has 0 bridgehead atoms. The van der Waals surface area contributed by atoms with E-state index in [0.717, 1.165) is 19.4 Å². The second kappa shape index (κ2) is 7.17. The molecular weight excluding hydrogens is 332 g/mol. The standard InChI is InChI=1S/C18H20N6O2/c1-23-10-8-20-18(23)16(25)13-5-4-9-24(11-13)12-15-21-17(22-26-15)14-6-2-3-7-19-14/h2-3,6-8,10,13H,4-5,9,11-12H2,1H3/t13-/m1/s1. The number of rotatable bonds is 5. The quantitative estimate of drug-likeness (QED) is 0.648. The van der Waals surface area contributed by atoms with Crippen molar-refractivity contribution in [2.75, 3.05) is 13.1 Å². The van der Waals surface area contributed by atoms with Gasteiger partial charge < -0.3 is 9.09 Å². The number of aromatic nitrogens is 5. The lowest BCUT2D eigenvalue weighted by Crippen LogP contribution is -2.39. The molecule has 0 radical (unpaired) electrons. The van der Waals surface area contributed by atoms with Gasteiger partial charge in [0.25, 0.3) is 0 Å². The van der Waals surface area contributed by atoms with E-state index in [1.165, 1.54) is 0 Å². The van der Waals surface area contributed by atoms with Crippen molar-refractivity contribution in [3.63, 3.8) is 0 Å². The van der Waals surface area contributed by atoms with Crippen LogP contribution in [0.4, 0.5) is 0 Å². The number of likely N-dealkylation sites (tertiary alicyclic amines) is 1. The Hall–Kier alpha value is -2.87. The number of hydrogen-bond donors (Lipinski definition) is 0. The van der Waals surface area contributed by atoms with Crippen molar-refractivity contribution >= 4 is 5.78 Å². The number of nitrogens with zero attached hydrogens (tertiary/aromatic N) is 6. The van der Waals surface area contributed by atoms with Crippen molar-refractivity contribution in [1.82, 2.24) is 29.6 Å². The fraction of sp³-hybridized carbons (Fsp3) is 0.389. The summed E-state index contributed by atoms with van der Waals surface area (Å²) in [6, 6.07) is 5.57. The van der Waals surface area contributed by atoms with Gasteiger partial charge in [-0.2, -0.15) is 4.98 Å². The molecule has 0 saturated carbocycles. The zero-order chi connectivity index (χ0) is 17.9. The van der Waals surface area contributed by atoms with Crippen LogP contribution in [-0.2, 0) is 13.6 Å². The van der Waals surface area contributed by atoms with Crippen LogP contribution in [0.5, 0.6) is 0 Å². The molecule has 1 aliphatic heterocycles. The Morgan fingerprint density at radius 2 is 2.23 bits per heavy atom. The molecule has 0 amide bonds. The molecular formula is C18H20N6O2. The summed E-state index contributed by atoms with van der Waals surface area (Å²) in [5.74, 6) is 1.59. The van der Waals surface area contributed by atoms with Crippen LogP contribution < -0.4 is 0 Å². The van der Waals surface area contributed by atoms with Gasteiger partial charge in [-0.05, 0) is 31.5 Å². The first kappa shape index (κ1) is 16.6. The van der Waals surface area contributed by atoms with Gasteiger partial charge in [0.05, 0.1) is 6.54 Å². The number of Topliss-reactive ketones (excluding diaryl/α,β-unsaturated/α-hetero) is 1. The highest BCUT2D eigenvalue weighted by Crippen LogP contribution is 2.22. The van der Waals surface area contributed by atoms with Crippen molar-refractivity contribution in [2.24, 2.45) is 13.0 Å². The van der Waals surface area contributed by atoms with Crippen LogP contribution in [-0.4, -0.2) is 48.4 Å². The number of carbonyl (C=O) groups is 1. The predicted molar refractivity (Wildman–Crippen MR) is 93.1 cm³/mol. The Morgan fingerprint density at radius 1 is 1.31 bits per heavy atom. The molecule has 26 heavy (non-hydrogen) atoms. The average molecular weight is 352 g/mol. The smallest absolute Gasteiger partial charge is 0.241 e. The molecule has 1 atom stereocenters. The van der Waals surface area contributed by atoms with Crippen molar-refractivity contribution in [3.8, 4) is 11.5 Å². The fourth-order valence-electron chi connectivity index (χ4n) is 3.31. The third kappa shape index (κ3) is 3.41. The molecule has 4 rings (SSSR count). The number of hydrogen-bond acceptors (Lipinski definition) is 7. The van der Waals surface area contributed by atoms with Gasteiger partial charge in [0, 0.05) is 38.1 Å². The zero-order valence-corrected chi connectivity index (χ0v) is 14.6. The summed E-state index contributed by atoms with van der Waals surface area (Å²) in [7, 11) is 1.85. The van der Waals surface area contributed by atoms with Gasteiger partial charge in [0.2, 0.25) is 17.5 Å². The molecule has 0 aliphatic carbocycles. The summed E-state index contributed by atoms with van der Waals surface area (Å²) in [6.45, 7) is 2.11. The lowest BCUT2D eigenvalue weighted by atomic mass is 9.93. The molecule has 4 heterocycles. The lowest BCUT2D eigenvalue weighted by Gasteiger charge is -2.30. The predicted octanol–water partition coefficient (Wildman–Crippen LogP) is 1.96. The van der Waals surface area contributed by atoms with Gasteiger partial charge in [-0.15, -0.1) is 0 Å². The highest BCUT2D eigenvalue weighted by Gasteiger charge is 2.29. The molecule has 3 aromatic heterocycles. The first-order valence-electron chi connectivity index (χ1n) is 8.68. The fourth-order valence-corrected chi connectivity index (χ4v) is 3.31. The van der Waals surface area contributed by atoms with Crippen molar-refractivity contribution in [3.05, 3.63) is 48.5 Å². The highest BCUT2D eigenvalue weighted by molar-refractivity contribution is 5.94. The average Bonchev–Trinajstić information content (AvgIpc) is 3.31. The third-order valence-corrected chi connectivity index (χ3v) is 4.64. The minimum absolute atomic E-state index is 0.0527. The molecule has 1 saturated heterocycles. The Morgan fingerprint density at radius 3 is 3.00 bits per heavy atom. The topological polar surface area (TPSA) is 89.9 Å². The molecule has 0 N–H and O–H groups in total. The summed E-state index contributed by atoms with van der Waals surface area (Å²) in [5.41, 5.74) is 0.684. The molecule has 0 spiro atoms. The molecule has 0 unspecified atom stereocenters. The molecule has 0 aromatic carbocycles. The second-order valence-corrected chi connectivity index (χ2v) is 6.53. The van der Waals surface area contributed by atoms with Gasteiger partial charge >= 0.3 is 0 Å². The van der Waals surface area contributed by atoms with E-state index < -0.39 is 0 Å². The number of imidazole rings is 1. The summed E-state index contributed by atoms with van der Waals surface area (Å²) >= 11 is 0. The largest absolute Gasteiger partial charge is 0.337 e. The number of piperidine rings is 1. The summed E-state index contributed by atoms with van der Waals surface area (Å²) in [5, 5.41) is 4.00. The number of aryl methyl sites for hydroxylation is 1. The zero-order valence-electron chi connectivity index (χ0n) is 14.6. The van der Waals surface area contributed by atoms with Gasteiger partial charge in [-0.3, -0.25) is 14.7 Å². The van der Waals surface area contributed by atoms with Crippen LogP contribution in [0.2, 0.25) is 0 Å². The third-order valence-electron chi connectivity index (χ3n) is 4.64. The van der Waals surface area contributed by atoms with E-state index in [1.54, 1.807) is 23.2 Å². The van der Waals surface area contributed by atoms with Gasteiger partial charge in [0.15, 0.2) is 5.82 Å². The number of carbonyl (C=O) groups excluding carboxylic acids is 1. The Balaban J connectivity index is 1.42. The van der Waals surface area contributed by atoms with E-state index in [4.69, 9.17) is 4.52 Å². The molecule has 8 heteroatoms. The van der Waals surface area contributed by atoms with Crippen LogP contribution >= 0.6 is 0 Å². The molecule has 1 fully saturated rings. The molecule has 134 valence electrons. The summed E-state index contributed by atoms with van der Waals surface area (Å²) < 4.78 is 7.14. The van der Waals surface area contributed by atoms with Crippen LogP contribution in [0.3, 0.4) is 0 Å². The van der Waals surface area contributed by atoms with Gasteiger partial charge in [-0.25, -0.2) is 4.98 Å². The Kier molecular flexibility index (Phi) is 4.57. The SMILES string of the molecule is Cn1ccnc1C(=O)[C@@H]1CCCN(Cc2nc(-c3ccccn3)no2)C1. The van der Waals surface area contributed by atoms with Crippen LogP contribution in [0.1, 0.15) is 29.4 Å². The normalized spacial score (nSPS) is 18.1. The Labute approximate surface area is 150 Å². The van der Waals surface area contributed by atoms with E-state index in [1.807, 2.05) is 25.2 Å². The second-order valence-electron chi connectivity index (χ2n) is 6.53. The van der Waals surface area contributed by atoms with E-state index in [-0.39, 0.29) is 11.7 Å². The van der Waals surface area contributed by atoms with E-state index in [0.29, 0.717) is 36.3 Å². The van der Waals surface area contributed by atoms with Crippen molar-refractivity contribution in [1.29, 1.82) is 0 Å². The molecule has 3 aromatic rings. The van der Waals surface area contributed by atoms with Crippen molar-refractivity contribution < 1.29 is 9.32 Å². The molecule has 1 aliphatic rings.